The Morgan fingerprint density at radius 2 is 1.53 bits per heavy atom. The lowest BCUT2D eigenvalue weighted by molar-refractivity contribution is 0.244. The molecule has 1 heterocycles. The van der Waals surface area contributed by atoms with E-state index in [2.05, 4.69) is 87.2 Å². The Morgan fingerprint density at radius 1 is 0.867 bits per heavy atom. The van der Waals surface area contributed by atoms with Crippen LogP contribution in [-0.2, 0) is 25.9 Å². The highest BCUT2D eigenvalue weighted by Gasteiger charge is 2.29. The van der Waals surface area contributed by atoms with Crippen LogP contribution in [0.5, 0.6) is 0 Å². The Balaban J connectivity index is 1.65. The van der Waals surface area contributed by atoms with Gasteiger partial charge in [0.05, 0.1) is 5.69 Å². The summed E-state index contributed by atoms with van der Waals surface area (Å²) in [6.07, 6.45) is 4.72. The number of nitrogens with zero attached hydrogens (tertiary/aromatic N) is 2. The second kappa shape index (κ2) is 9.14. The maximum Gasteiger partial charge on any atom is 0.0713 e. The summed E-state index contributed by atoms with van der Waals surface area (Å²) in [5.41, 5.74) is 10.6. The van der Waals surface area contributed by atoms with E-state index in [1.807, 2.05) is 0 Å². The minimum Gasteiger partial charge on any atom is -0.292 e. The third-order valence-corrected chi connectivity index (χ3v) is 6.46. The summed E-state index contributed by atoms with van der Waals surface area (Å²) in [6, 6.07) is 20.6. The minimum atomic E-state index is 0.719. The molecule has 0 aliphatic heterocycles. The van der Waals surface area contributed by atoms with E-state index in [1.54, 1.807) is 0 Å². The van der Waals surface area contributed by atoms with Crippen LogP contribution in [0.15, 0.2) is 54.6 Å². The van der Waals surface area contributed by atoms with Crippen LogP contribution in [0.3, 0.4) is 0 Å². The zero-order chi connectivity index (χ0) is 21.1. The van der Waals surface area contributed by atoms with Gasteiger partial charge in [0.15, 0.2) is 0 Å². The van der Waals surface area contributed by atoms with Crippen molar-refractivity contribution >= 4 is 0 Å². The molecular formula is C28H34N2. The molecule has 2 aromatic carbocycles. The number of aryl methyl sites for hydroxylation is 4. The number of benzene rings is 2. The van der Waals surface area contributed by atoms with E-state index in [-0.39, 0.29) is 0 Å². The Bertz CT molecular complexity index is 957. The van der Waals surface area contributed by atoms with Gasteiger partial charge >= 0.3 is 0 Å². The zero-order valence-electron chi connectivity index (χ0n) is 18.9. The maximum absolute atomic E-state index is 5.13. The molecule has 4 rings (SSSR count). The molecule has 1 aliphatic rings. The first-order valence-electron chi connectivity index (χ1n) is 11.5. The molecule has 0 bridgehead atoms. The fraction of sp³-hybridized carbons (Fsp3) is 0.393. The third kappa shape index (κ3) is 4.49. The number of hydrogen-bond acceptors (Lipinski definition) is 2. The average molecular weight is 399 g/mol. The van der Waals surface area contributed by atoms with E-state index in [0.29, 0.717) is 0 Å². The first kappa shape index (κ1) is 20.8. The Labute approximate surface area is 182 Å². The molecule has 1 aromatic heterocycles. The summed E-state index contributed by atoms with van der Waals surface area (Å²) in [6.45, 7) is 10.9. The average Bonchev–Trinajstić information content (AvgIpc) is 3.60. The van der Waals surface area contributed by atoms with Gasteiger partial charge in [-0.2, -0.15) is 0 Å². The predicted octanol–water partition coefficient (Wildman–Crippen LogP) is 6.65. The zero-order valence-corrected chi connectivity index (χ0v) is 18.9. The van der Waals surface area contributed by atoms with Gasteiger partial charge in [-0.15, -0.1) is 0 Å². The van der Waals surface area contributed by atoms with Crippen molar-refractivity contribution in [3.63, 3.8) is 0 Å². The van der Waals surface area contributed by atoms with Crippen molar-refractivity contribution in [2.24, 2.45) is 0 Å². The molecular weight excluding hydrogens is 364 g/mol. The van der Waals surface area contributed by atoms with Crippen molar-refractivity contribution in [2.45, 2.75) is 72.5 Å². The molecule has 30 heavy (non-hydrogen) atoms. The Hall–Kier alpha value is -2.45. The summed E-state index contributed by atoms with van der Waals surface area (Å²) in [5.74, 6) is 0. The Kier molecular flexibility index (Phi) is 6.34. The van der Waals surface area contributed by atoms with Gasteiger partial charge < -0.3 is 0 Å². The lowest BCUT2D eigenvalue weighted by atomic mass is 9.93. The van der Waals surface area contributed by atoms with Gasteiger partial charge in [-0.05, 0) is 73.4 Å². The standard InChI is InChI=1S/C28H34N2/c1-5-23-13-10-14-24(6-2)28(23)27-17-20(3)26(21(4)29-27)19-30(25-15-16-25)18-22-11-8-7-9-12-22/h7-14,17,25H,5-6,15-16,18-19H2,1-4H3. The van der Waals surface area contributed by atoms with E-state index in [0.717, 1.165) is 37.7 Å². The first-order chi connectivity index (χ1) is 14.6. The van der Waals surface area contributed by atoms with Gasteiger partial charge in [0.1, 0.15) is 0 Å². The summed E-state index contributed by atoms with van der Waals surface area (Å²) >= 11 is 0. The maximum atomic E-state index is 5.13. The molecule has 1 fully saturated rings. The number of pyridine rings is 1. The van der Waals surface area contributed by atoms with Crippen LogP contribution in [0.2, 0.25) is 0 Å². The number of rotatable bonds is 8. The second-order valence-corrected chi connectivity index (χ2v) is 8.67. The third-order valence-electron chi connectivity index (χ3n) is 6.46. The summed E-state index contributed by atoms with van der Waals surface area (Å²) in [4.78, 5) is 7.78. The van der Waals surface area contributed by atoms with Crippen LogP contribution in [0.4, 0.5) is 0 Å². The largest absolute Gasteiger partial charge is 0.292 e. The predicted molar refractivity (Wildman–Crippen MR) is 127 cm³/mol. The van der Waals surface area contributed by atoms with E-state index >= 15 is 0 Å². The quantitative estimate of drug-likeness (QED) is 0.422. The molecule has 2 heteroatoms. The van der Waals surface area contributed by atoms with Crippen LogP contribution in [0.1, 0.15) is 60.2 Å². The summed E-state index contributed by atoms with van der Waals surface area (Å²) in [5, 5.41) is 0. The molecule has 0 radical (unpaired) electrons. The van der Waals surface area contributed by atoms with Crippen molar-refractivity contribution < 1.29 is 0 Å². The normalized spacial score (nSPS) is 13.8. The lowest BCUT2D eigenvalue weighted by Gasteiger charge is -2.25. The molecule has 2 nitrogen and oxygen atoms in total. The fourth-order valence-electron chi connectivity index (χ4n) is 4.57. The van der Waals surface area contributed by atoms with Crippen LogP contribution in [-0.4, -0.2) is 15.9 Å². The molecule has 0 unspecified atom stereocenters. The Morgan fingerprint density at radius 3 is 2.10 bits per heavy atom. The second-order valence-electron chi connectivity index (χ2n) is 8.67. The van der Waals surface area contributed by atoms with E-state index in [1.165, 1.54) is 51.9 Å². The molecule has 0 atom stereocenters. The minimum absolute atomic E-state index is 0.719. The lowest BCUT2D eigenvalue weighted by Crippen LogP contribution is -2.26. The van der Waals surface area contributed by atoms with Crippen molar-refractivity contribution in [1.29, 1.82) is 0 Å². The van der Waals surface area contributed by atoms with Crippen LogP contribution in [0, 0.1) is 13.8 Å². The van der Waals surface area contributed by atoms with E-state index in [9.17, 15) is 0 Å². The number of hydrogen-bond donors (Lipinski definition) is 0. The van der Waals surface area contributed by atoms with Gasteiger partial charge in [0.2, 0.25) is 0 Å². The van der Waals surface area contributed by atoms with Gasteiger partial charge in [-0.3, -0.25) is 9.88 Å². The van der Waals surface area contributed by atoms with Crippen LogP contribution < -0.4 is 0 Å². The molecule has 0 N–H and O–H groups in total. The highest BCUT2D eigenvalue weighted by molar-refractivity contribution is 5.69. The van der Waals surface area contributed by atoms with Crippen molar-refractivity contribution in [2.75, 3.05) is 0 Å². The molecule has 1 saturated carbocycles. The van der Waals surface area contributed by atoms with Gasteiger partial charge in [0.25, 0.3) is 0 Å². The molecule has 3 aromatic rings. The van der Waals surface area contributed by atoms with Crippen molar-refractivity contribution in [1.82, 2.24) is 9.88 Å². The molecule has 0 saturated heterocycles. The van der Waals surface area contributed by atoms with Gasteiger partial charge in [-0.25, -0.2) is 0 Å². The van der Waals surface area contributed by atoms with Crippen LogP contribution >= 0.6 is 0 Å². The molecule has 156 valence electrons. The molecule has 1 aliphatic carbocycles. The first-order valence-corrected chi connectivity index (χ1v) is 11.5. The van der Waals surface area contributed by atoms with Crippen molar-refractivity contribution in [3.8, 4) is 11.3 Å². The van der Waals surface area contributed by atoms with E-state index in [4.69, 9.17) is 4.98 Å². The number of aromatic nitrogens is 1. The van der Waals surface area contributed by atoms with E-state index < -0.39 is 0 Å². The topological polar surface area (TPSA) is 16.1 Å². The van der Waals surface area contributed by atoms with Crippen molar-refractivity contribution in [3.05, 3.63) is 88.1 Å². The fourth-order valence-corrected chi connectivity index (χ4v) is 4.57. The summed E-state index contributed by atoms with van der Waals surface area (Å²) < 4.78 is 0. The highest BCUT2D eigenvalue weighted by atomic mass is 15.2. The van der Waals surface area contributed by atoms with Crippen LogP contribution in [0.25, 0.3) is 11.3 Å². The molecule has 0 spiro atoms. The van der Waals surface area contributed by atoms with Gasteiger partial charge in [-0.1, -0.05) is 62.4 Å². The highest BCUT2D eigenvalue weighted by Crippen LogP contribution is 2.33. The molecule has 0 amide bonds. The smallest absolute Gasteiger partial charge is 0.0713 e. The summed E-state index contributed by atoms with van der Waals surface area (Å²) in [7, 11) is 0. The monoisotopic (exact) mass is 398 g/mol. The SMILES string of the molecule is CCc1cccc(CC)c1-c1cc(C)c(CN(Cc2ccccc2)C2CC2)c(C)n1. The van der Waals surface area contributed by atoms with Gasteiger partial charge in [0, 0.05) is 30.4 Å².